The van der Waals surface area contributed by atoms with Crippen LogP contribution in [0.3, 0.4) is 0 Å². The second-order valence-corrected chi connectivity index (χ2v) is 3.87. The molecule has 1 rings (SSSR count). The Labute approximate surface area is 100 Å². The molecule has 0 bridgehead atoms. The van der Waals surface area contributed by atoms with Gasteiger partial charge in [-0.3, -0.25) is 0 Å². The van der Waals surface area contributed by atoms with Gasteiger partial charge in [0.2, 0.25) is 0 Å². The quantitative estimate of drug-likeness (QED) is 0.363. The minimum atomic E-state index is -0.416. The molecular formula is C9H7ClINO2. The molecule has 0 atom stereocenters. The molecule has 5 heteroatoms. The zero-order valence-corrected chi connectivity index (χ0v) is 10.2. The Balaban J connectivity index is 2.96. The first-order valence-corrected chi connectivity index (χ1v) is 5.17. The van der Waals surface area contributed by atoms with Crippen molar-refractivity contribution in [2.75, 3.05) is 7.11 Å². The van der Waals surface area contributed by atoms with Gasteiger partial charge in [0.25, 0.3) is 0 Å². The predicted molar refractivity (Wildman–Crippen MR) is 63.0 cm³/mol. The first-order valence-electron chi connectivity index (χ1n) is 3.71. The van der Waals surface area contributed by atoms with Gasteiger partial charge in [0.15, 0.2) is 0 Å². The molecule has 0 radical (unpaired) electrons. The van der Waals surface area contributed by atoms with Gasteiger partial charge in [-0.05, 0) is 34.7 Å². The highest BCUT2D eigenvalue weighted by molar-refractivity contribution is 14.1. The van der Waals surface area contributed by atoms with Crippen molar-refractivity contribution in [2.45, 2.75) is 0 Å². The molecule has 1 heterocycles. The molecule has 0 aliphatic carbocycles. The molecule has 0 saturated carbocycles. The Kier molecular flexibility index (Phi) is 4.34. The van der Waals surface area contributed by atoms with E-state index in [9.17, 15) is 4.79 Å². The highest BCUT2D eigenvalue weighted by Crippen LogP contribution is 2.20. The molecule has 0 N–H and O–H groups in total. The van der Waals surface area contributed by atoms with Crippen LogP contribution in [-0.2, 0) is 9.53 Å². The molecule has 0 aromatic carbocycles. The largest absolute Gasteiger partial charge is 0.466 e. The zero-order chi connectivity index (χ0) is 10.6. The number of rotatable bonds is 2. The second-order valence-electron chi connectivity index (χ2n) is 2.35. The van der Waals surface area contributed by atoms with Crippen LogP contribution < -0.4 is 0 Å². The molecule has 0 aliphatic rings. The third-order valence-electron chi connectivity index (χ3n) is 1.48. The van der Waals surface area contributed by atoms with Crippen molar-refractivity contribution >= 4 is 46.2 Å². The van der Waals surface area contributed by atoms with Gasteiger partial charge in [0.1, 0.15) is 5.15 Å². The number of halogens is 2. The fourth-order valence-electron chi connectivity index (χ4n) is 0.794. The van der Waals surface area contributed by atoms with E-state index in [0.29, 0.717) is 5.15 Å². The van der Waals surface area contributed by atoms with E-state index in [-0.39, 0.29) is 0 Å². The molecule has 0 fully saturated rings. The van der Waals surface area contributed by atoms with Crippen LogP contribution in [0.1, 0.15) is 5.56 Å². The maximum Gasteiger partial charge on any atom is 0.330 e. The Morgan fingerprint density at radius 1 is 1.71 bits per heavy atom. The number of methoxy groups -OCH3 is 1. The summed E-state index contributed by atoms with van der Waals surface area (Å²) in [6.45, 7) is 0. The van der Waals surface area contributed by atoms with Crippen molar-refractivity contribution in [1.29, 1.82) is 0 Å². The van der Waals surface area contributed by atoms with Gasteiger partial charge in [-0.25, -0.2) is 9.78 Å². The van der Waals surface area contributed by atoms with Crippen LogP contribution in [0.4, 0.5) is 0 Å². The number of esters is 1. The summed E-state index contributed by atoms with van der Waals surface area (Å²) in [5.74, 6) is -0.416. The second kappa shape index (κ2) is 5.31. The third kappa shape index (κ3) is 2.95. The van der Waals surface area contributed by atoms with Crippen molar-refractivity contribution in [3.8, 4) is 0 Å². The van der Waals surface area contributed by atoms with Gasteiger partial charge >= 0.3 is 5.97 Å². The Bertz CT molecular complexity index is 359. The van der Waals surface area contributed by atoms with E-state index in [1.165, 1.54) is 13.2 Å². The lowest BCUT2D eigenvalue weighted by Crippen LogP contribution is -1.94. The van der Waals surface area contributed by atoms with Gasteiger partial charge in [-0.15, -0.1) is 0 Å². The SMILES string of the molecule is COC(=O)/C=C/c1c(I)ccnc1Cl. The third-order valence-corrected chi connectivity index (χ3v) is 2.72. The molecular weight excluding hydrogens is 316 g/mol. The van der Waals surface area contributed by atoms with Crippen LogP contribution in [0.2, 0.25) is 5.15 Å². The van der Waals surface area contributed by atoms with Crippen LogP contribution in [0.15, 0.2) is 18.3 Å². The molecule has 3 nitrogen and oxygen atoms in total. The van der Waals surface area contributed by atoms with E-state index in [0.717, 1.165) is 9.13 Å². The number of carbonyl (C=O) groups excluding carboxylic acids is 1. The van der Waals surface area contributed by atoms with Crippen molar-refractivity contribution in [1.82, 2.24) is 4.98 Å². The minimum Gasteiger partial charge on any atom is -0.466 e. The van der Waals surface area contributed by atoms with Gasteiger partial charge in [-0.1, -0.05) is 11.6 Å². The Morgan fingerprint density at radius 3 is 3.00 bits per heavy atom. The summed E-state index contributed by atoms with van der Waals surface area (Å²) in [7, 11) is 1.32. The van der Waals surface area contributed by atoms with E-state index in [1.807, 2.05) is 6.07 Å². The molecule has 0 aliphatic heterocycles. The lowest BCUT2D eigenvalue weighted by Gasteiger charge is -1.99. The van der Waals surface area contributed by atoms with E-state index in [4.69, 9.17) is 11.6 Å². The number of carbonyl (C=O) groups is 1. The normalized spacial score (nSPS) is 10.5. The van der Waals surface area contributed by atoms with Gasteiger partial charge < -0.3 is 4.74 Å². The van der Waals surface area contributed by atoms with Crippen LogP contribution >= 0.6 is 34.2 Å². The number of ether oxygens (including phenoxy) is 1. The smallest absolute Gasteiger partial charge is 0.330 e. The summed E-state index contributed by atoms with van der Waals surface area (Å²) >= 11 is 7.95. The molecule has 1 aromatic heterocycles. The average molecular weight is 324 g/mol. The van der Waals surface area contributed by atoms with Crippen molar-refractivity contribution in [3.05, 3.63) is 32.6 Å². The molecule has 0 saturated heterocycles. The fraction of sp³-hybridized carbons (Fsp3) is 0.111. The average Bonchev–Trinajstić information content (AvgIpc) is 2.16. The van der Waals surface area contributed by atoms with Gasteiger partial charge in [-0.2, -0.15) is 0 Å². The predicted octanol–water partition coefficient (Wildman–Crippen LogP) is 2.53. The number of hydrogen-bond acceptors (Lipinski definition) is 3. The number of pyridine rings is 1. The number of nitrogens with zero attached hydrogens (tertiary/aromatic N) is 1. The summed E-state index contributed by atoms with van der Waals surface area (Å²) in [5, 5.41) is 0.372. The van der Waals surface area contributed by atoms with Crippen molar-refractivity contribution < 1.29 is 9.53 Å². The van der Waals surface area contributed by atoms with E-state index in [2.05, 4.69) is 32.3 Å². The molecule has 1 aromatic rings. The summed E-state index contributed by atoms with van der Waals surface area (Å²) in [6, 6.07) is 1.81. The van der Waals surface area contributed by atoms with Crippen LogP contribution in [0.5, 0.6) is 0 Å². The summed E-state index contributed by atoms with van der Waals surface area (Å²) in [5.41, 5.74) is 0.722. The first-order chi connectivity index (χ1) is 6.65. The molecule has 0 amide bonds. The minimum absolute atomic E-state index is 0.372. The van der Waals surface area contributed by atoms with Crippen molar-refractivity contribution in [2.24, 2.45) is 0 Å². The highest BCUT2D eigenvalue weighted by Gasteiger charge is 2.02. The zero-order valence-electron chi connectivity index (χ0n) is 7.33. The maximum atomic E-state index is 10.8. The Morgan fingerprint density at radius 2 is 2.43 bits per heavy atom. The first kappa shape index (κ1) is 11.5. The maximum absolute atomic E-state index is 10.8. The number of hydrogen-bond donors (Lipinski definition) is 0. The topological polar surface area (TPSA) is 39.2 Å². The lowest BCUT2D eigenvalue weighted by atomic mass is 10.2. The Hall–Kier alpha value is -0.620. The molecule has 0 spiro atoms. The van der Waals surface area contributed by atoms with Crippen molar-refractivity contribution in [3.63, 3.8) is 0 Å². The van der Waals surface area contributed by atoms with Gasteiger partial charge in [0.05, 0.1) is 7.11 Å². The van der Waals surface area contributed by atoms with E-state index >= 15 is 0 Å². The molecule has 74 valence electrons. The summed E-state index contributed by atoms with van der Waals surface area (Å²) in [6.07, 6.45) is 4.51. The summed E-state index contributed by atoms with van der Waals surface area (Å²) in [4.78, 5) is 14.7. The molecule has 14 heavy (non-hydrogen) atoms. The van der Waals surface area contributed by atoms with Gasteiger partial charge in [0, 0.05) is 21.4 Å². The van der Waals surface area contributed by atoms with E-state index in [1.54, 1.807) is 12.3 Å². The number of aromatic nitrogens is 1. The molecule has 0 unspecified atom stereocenters. The van der Waals surface area contributed by atoms with Crippen LogP contribution in [0, 0.1) is 3.57 Å². The highest BCUT2D eigenvalue weighted by atomic mass is 127. The fourth-order valence-corrected chi connectivity index (χ4v) is 1.77. The monoisotopic (exact) mass is 323 g/mol. The van der Waals surface area contributed by atoms with E-state index < -0.39 is 5.97 Å². The lowest BCUT2D eigenvalue weighted by molar-refractivity contribution is -0.134. The van der Waals surface area contributed by atoms with Crippen LogP contribution in [0.25, 0.3) is 6.08 Å². The standard InChI is InChI=1S/C9H7ClINO2/c1-14-8(13)3-2-6-7(11)4-5-12-9(6)10/h2-5H,1H3/b3-2+. The summed E-state index contributed by atoms with van der Waals surface area (Å²) < 4.78 is 5.39. The van der Waals surface area contributed by atoms with Crippen LogP contribution in [-0.4, -0.2) is 18.1 Å².